The van der Waals surface area contributed by atoms with Crippen molar-refractivity contribution < 1.29 is 14.0 Å². The maximum Gasteiger partial charge on any atom is 0.253 e. The minimum atomic E-state index is -0.461. The summed E-state index contributed by atoms with van der Waals surface area (Å²) in [5.74, 6) is -0.736. The van der Waals surface area contributed by atoms with Gasteiger partial charge in [-0.3, -0.25) is 9.59 Å². The molecule has 7 heteroatoms. The van der Waals surface area contributed by atoms with E-state index in [-0.39, 0.29) is 33.5 Å². The number of nitrogens with one attached hydrogen (secondary N) is 1. The highest BCUT2D eigenvalue weighted by molar-refractivity contribution is 7.10. The Balaban J connectivity index is 1.63. The Morgan fingerprint density at radius 1 is 1.28 bits per heavy atom. The fourth-order valence-corrected chi connectivity index (χ4v) is 5.56. The zero-order chi connectivity index (χ0) is 23.5. The Labute approximate surface area is 199 Å². The normalized spacial score (nSPS) is 17.9. The van der Waals surface area contributed by atoms with Gasteiger partial charge in [0, 0.05) is 30.4 Å². The molecule has 0 spiro atoms. The summed E-state index contributed by atoms with van der Waals surface area (Å²) in [6, 6.07) is 4.69. The molecule has 1 aromatic carbocycles. The minimum absolute atomic E-state index is 0.0446. The number of carbonyl (C=O) groups excluding carboxylic acids is 2. The molecular weight excluding hydrogens is 447 g/mol. The molecular formula is C25H32ClFN2O2S. The van der Waals surface area contributed by atoms with Gasteiger partial charge in [-0.1, -0.05) is 25.4 Å². The highest BCUT2D eigenvalue weighted by Gasteiger charge is 2.35. The number of amides is 2. The average Bonchev–Trinajstić information content (AvgIpc) is 3.14. The van der Waals surface area contributed by atoms with E-state index in [0.29, 0.717) is 19.5 Å². The van der Waals surface area contributed by atoms with E-state index in [1.807, 2.05) is 4.90 Å². The fraction of sp³-hybridized carbons (Fsp3) is 0.520. The van der Waals surface area contributed by atoms with Gasteiger partial charge >= 0.3 is 0 Å². The molecule has 0 bridgehead atoms. The lowest BCUT2D eigenvalue weighted by atomic mass is 9.81. The van der Waals surface area contributed by atoms with Crippen LogP contribution in [0.4, 0.5) is 4.39 Å². The molecule has 0 aliphatic carbocycles. The number of rotatable bonds is 7. The van der Waals surface area contributed by atoms with Crippen LogP contribution in [0.2, 0.25) is 5.02 Å². The summed E-state index contributed by atoms with van der Waals surface area (Å²) in [4.78, 5) is 29.2. The maximum atomic E-state index is 13.9. The zero-order valence-electron chi connectivity index (χ0n) is 19.3. The molecule has 2 heterocycles. The van der Waals surface area contributed by atoms with Crippen molar-refractivity contribution in [2.45, 2.75) is 65.8 Å². The van der Waals surface area contributed by atoms with Crippen molar-refractivity contribution in [3.05, 3.63) is 56.0 Å². The van der Waals surface area contributed by atoms with Crippen molar-refractivity contribution in [3.8, 4) is 0 Å². The van der Waals surface area contributed by atoms with Gasteiger partial charge in [-0.25, -0.2) is 4.39 Å². The summed E-state index contributed by atoms with van der Waals surface area (Å²) in [6.07, 6.45) is 4.01. The molecule has 4 nitrogen and oxygen atoms in total. The molecule has 1 N–H and O–H groups in total. The number of thiophene rings is 1. The van der Waals surface area contributed by atoms with Gasteiger partial charge in [0.1, 0.15) is 5.82 Å². The summed E-state index contributed by atoms with van der Waals surface area (Å²) in [6.45, 7) is 9.00. The lowest BCUT2D eigenvalue weighted by molar-refractivity contribution is -0.137. The van der Waals surface area contributed by atoms with Gasteiger partial charge < -0.3 is 10.2 Å². The summed E-state index contributed by atoms with van der Waals surface area (Å²) in [7, 11) is 0. The molecule has 1 aromatic heterocycles. The third-order valence-corrected chi connectivity index (χ3v) is 7.75. The molecule has 0 saturated carbocycles. The molecule has 1 atom stereocenters. The average molecular weight is 479 g/mol. The van der Waals surface area contributed by atoms with Crippen LogP contribution in [-0.2, 0) is 11.2 Å². The largest absolute Gasteiger partial charge is 0.350 e. The van der Waals surface area contributed by atoms with Crippen molar-refractivity contribution in [3.63, 3.8) is 0 Å². The number of aryl methyl sites for hydroxylation is 2. The van der Waals surface area contributed by atoms with Crippen molar-refractivity contribution in [1.29, 1.82) is 0 Å². The molecule has 1 fully saturated rings. The van der Waals surface area contributed by atoms with Gasteiger partial charge in [0.25, 0.3) is 5.91 Å². The van der Waals surface area contributed by atoms with Gasteiger partial charge in [-0.15, -0.1) is 11.3 Å². The van der Waals surface area contributed by atoms with Gasteiger partial charge in [-0.05, 0) is 79.7 Å². The first-order chi connectivity index (χ1) is 15.1. The van der Waals surface area contributed by atoms with Crippen LogP contribution in [0, 0.1) is 25.1 Å². The topological polar surface area (TPSA) is 49.4 Å². The molecule has 1 aliphatic heterocycles. The number of nitrogens with zero attached hydrogens (tertiary/aromatic N) is 1. The van der Waals surface area contributed by atoms with Crippen molar-refractivity contribution in [2.24, 2.45) is 5.41 Å². The van der Waals surface area contributed by atoms with E-state index in [2.05, 4.69) is 37.5 Å². The molecule has 1 unspecified atom stereocenters. The molecule has 2 amide bonds. The number of hydrogen-bond acceptors (Lipinski definition) is 3. The van der Waals surface area contributed by atoms with E-state index < -0.39 is 11.7 Å². The zero-order valence-corrected chi connectivity index (χ0v) is 20.8. The third kappa shape index (κ3) is 5.90. The van der Waals surface area contributed by atoms with Crippen LogP contribution in [0.5, 0.6) is 0 Å². The van der Waals surface area contributed by atoms with E-state index in [1.165, 1.54) is 22.6 Å². The molecule has 1 aliphatic rings. The van der Waals surface area contributed by atoms with E-state index >= 15 is 0 Å². The Morgan fingerprint density at radius 3 is 2.72 bits per heavy atom. The number of piperidine rings is 1. The lowest BCUT2D eigenvalue weighted by Crippen LogP contribution is -2.53. The van der Waals surface area contributed by atoms with E-state index in [0.717, 1.165) is 25.7 Å². The predicted molar refractivity (Wildman–Crippen MR) is 129 cm³/mol. The maximum absolute atomic E-state index is 13.9. The Hall–Kier alpha value is -1.92. The molecule has 3 rings (SSSR count). The Morgan fingerprint density at radius 2 is 2.03 bits per heavy atom. The Bertz CT molecular complexity index is 988. The second kappa shape index (κ2) is 10.3. The van der Waals surface area contributed by atoms with Crippen LogP contribution in [0.3, 0.4) is 0 Å². The first-order valence-electron chi connectivity index (χ1n) is 11.1. The summed E-state index contributed by atoms with van der Waals surface area (Å²) in [5, 5.41) is 5.21. The van der Waals surface area contributed by atoms with Gasteiger partial charge in [0.05, 0.1) is 10.6 Å². The number of hydrogen-bond donors (Lipinski definition) is 1. The van der Waals surface area contributed by atoms with Gasteiger partial charge in [0.15, 0.2) is 0 Å². The summed E-state index contributed by atoms with van der Waals surface area (Å²) < 4.78 is 13.9. The number of likely N-dealkylation sites (tertiary alicyclic amines) is 1. The van der Waals surface area contributed by atoms with Crippen LogP contribution in [0.25, 0.3) is 0 Å². The summed E-state index contributed by atoms with van der Waals surface area (Å²) >= 11 is 7.89. The first-order valence-corrected chi connectivity index (χ1v) is 12.4. The highest BCUT2D eigenvalue weighted by atomic mass is 35.5. The van der Waals surface area contributed by atoms with E-state index in [1.54, 1.807) is 18.3 Å². The number of benzene rings is 1. The predicted octanol–water partition coefficient (Wildman–Crippen LogP) is 5.93. The van der Waals surface area contributed by atoms with Crippen molar-refractivity contribution in [1.82, 2.24) is 10.2 Å². The van der Waals surface area contributed by atoms with E-state index in [4.69, 9.17) is 11.6 Å². The van der Waals surface area contributed by atoms with Crippen LogP contribution >= 0.6 is 22.9 Å². The molecule has 1 saturated heterocycles. The van der Waals surface area contributed by atoms with Gasteiger partial charge in [-0.2, -0.15) is 0 Å². The molecule has 2 aromatic rings. The number of carbonyl (C=O) groups is 2. The quantitative estimate of drug-likeness (QED) is 0.536. The van der Waals surface area contributed by atoms with Crippen molar-refractivity contribution in [2.75, 3.05) is 13.1 Å². The smallest absolute Gasteiger partial charge is 0.253 e. The van der Waals surface area contributed by atoms with Crippen LogP contribution in [0.1, 0.15) is 65.9 Å². The van der Waals surface area contributed by atoms with Crippen molar-refractivity contribution >= 4 is 34.8 Å². The van der Waals surface area contributed by atoms with Crippen LogP contribution in [0.15, 0.2) is 23.6 Å². The minimum Gasteiger partial charge on any atom is -0.350 e. The SMILES string of the molecule is Cc1ccsc1CCCC(=O)N1CC(C)(C)CCC1CNC(=O)c1c(Cl)ccc(F)c1C. The molecule has 174 valence electrons. The third-order valence-electron chi connectivity index (χ3n) is 6.35. The second-order valence-electron chi connectivity index (χ2n) is 9.50. The van der Waals surface area contributed by atoms with Crippen LogP contribution < -0.4 is 5.32 Å². The Kier molecular flexibility index (Phi) is 7.99. The first kappa shape index (κ1) is 24.7. The monoisotopic (exact) mass is 478 g/mol. The lowest BCUT2D eigenvalue weighted by Gasteiger charge is -2.44. The molecule has 0 radical (unpaired) electrons. The van der Waals surface area contributed by atoms with Crippen LogP contribution in [-0.4, -0.2) is 35.8 Å². The highest BCUT2D eigenvalue weighted by Crippen LogP contribution is 2.32. The standard InChI is InChI=1S/C25H32ClFN2O2S/c1-16-11-13-32-21(16)6-5-7-22(30)29-15-25(3,4)12-10-18(29)14-28-24(31)23-17(2)20(27)9-8-19(23)26/h8-9,11,13,18H,5-7,10,12,14-15H2,1-4H3,(H,28,31). The van der Waals surface area contributed by atoms with E-state index in [9.17, 15) is 14.0 Å². The van der Waals surface area contributed by atoms with Gasteiger partial charge in [0.2, 0.25) is 5.91 Å². The summed E-state index contributed by atoms with van der Waals surface area (Å²) in [5.41, 5.74) is 1.72. The number of halogens is 2. The molecule has 32 heavy (non-hydrogen) atoms. The second-order valence-corrected chi connectivity index (χ2v) is 10.9. The fourth-order valence-electron chi connectivity index (χ4n) is 4.32.